The third-order valence-electron chi connectivity index (χ3n) is 4.57. The molecule has 1 fully saturated rings. The lowest BCUT2D eigenvalue weighted by Crippen LogP contribution is -2.38. The monoisotopic (exact) mass is 389 g/mol. The molecular formula is C18H26ClF2N3O2. The van der Waals surface area contributed by atoms with Gasteiger partial charge in [0.2, 0.25) is 5.91 Å². The summed E-state index contributed by atoms with van der Waals surface area (Å²) in [6, 6.07) is 3.26. The van der Waals surface area contributed by atoms with Crippen LogP contribution in [0.1, 0.15) is 36.5 Å². The first-order valence-electron chi connectivity index (χ1n) is 8.68. The highest BCUT2D eigenvalue weighted by Crippen LogP contribution is 2.22. The molecule has 0 aromatic heterocycles. The van der Waals surface area contributed by atoms with Gasteiger partial charge in [0, 0.05) is 19.5 Å². The predicted molar refractivity (Wildman–Crippen MR) is 98.3 cm³/mol. The fraction of sp³-hybridized carbons (Fsp3) is 0.556. The number of piperidine rings is 1. The topological polar surface area (TPSA) is 70.2 Å². The molecule has 0 spiro atoms. The lowest BCUT2D eigenvalue weighted by Gasteiger charge is -2.28. The molecule has 2 atom stereocenters. The lowest BCUT2D eigenvalue weighted by molar-refractivity contribution is -0.122. The van der Waals surface area contributed by atoms with E-state index in [4.69, 9.17) is 0 Å². The normalized spacial score (nSPS) is 17.7. The first kappa shape index (κ1) is 22.3. The van der Waals surface area contributed by atoms with E-state index in [0.29, 0.717) is 12.3 Å². The molecule has 5 nitrogen and oxygen atoms in total. The molecule has 8 heteroatoms. The van der Waals surface area contributed by atoms with Gasteiger partial charge >= 0.3 is 0 Å². The molecule has 0 aliphatic carbocycles. The van der Waals surface area contributed by atoms with Crippen molar-refractivity contribution in [1.82, 2.24) is 16.0 Å². The van der Waals surface area contributed by atoms with Gasteiger partial charge in [-0.15, -0.1) is 12.4 Å². The molecule has 1 heterocycles. The summed E-state index contributed by atoms with van der Waals surface area (Å²) in [4.78, 5) is 23.8. The van der Waals surface area contributed by atoms with Crippen LogP contribution >= 0.6 is 12.4 Å². The smallest absolute Gasteiger partial charge is 0.257 e. The largest absolute Gasteiger partial charge is 0.354 e. The van der Waals surface area contributed by atoms with Crippen molar-refractivity contribution < 1.29 is 18.4 Å². The van der Waals surface area contributed by atoms with Gasteiger partial charge in [0.25, 0.3) is 5.91 Å². The second kappa shape index (κ2) is 11.1. The van der Waals surface area contributed by atoms with Crippen molar-refractivity contribution in [2.24, 2.45) is 11.8 Å². The zero-order valence-corrected chi connectivity index (χ0v) is 15.6. The quantitative estimate of drug-likeness (QED) is 0.626. The number of carbonyl (C=O) groups excluding carboxylic acids is 2. The summed E-state index contributed by atoms with van der Waals surface area (Å²) >= 11 is 0. The number of hydrogen-bond donors (Lipinski definition) is 3. The molecule has 1 saturated heterocycles. The summed E-state index contributed by atoms with van der Waals surface area (Å²) in [6.07, 6.45) is 2.70. The molecule has 2 rings (SSSR count). The third-order valence-corrected chi connectivity index (χ3v) is 4.57. The standard InChI is InChI=1S/C18H25F2N3O2.ClH/c1-12(13-4-3-7-21-11-13)10-16(24)22-8-9-23-18(25)17-14(19)5-2-6-15(17)20;/h2,5-6,12-13,21H,3-4,7-11H2,1H3,(H,22,24)(H,23,25);1H. The van der Waals surface area contributed by atoms with Crippen molar-refractivity contribution in [3.8, 4) is 0 Å². The van der Waals surface area contributed by atoms with Crippen molar-refractivity contribution in [1.29, 1.82) is 0 Å². The molecule has 146 valence electrons. The van der Waals surface area contributed by atoms with E-state index in [0.717, 1.165) is 38.1 Å². The number of halogens is 3. The molecule has 0 bridgehead atoms. The number of benzene rings is 1. The molecule has 1 aliphatic rings. The van der Waals surface area contributed by atoms with Gasteiger partial charge in [-0.3, -0.25) is 9.59 Å². The van der Waals surface area contributed by atoms with Crippen LogP contribution in [0.4, 0.5) is 8.78 Å². The highest BCUT2D eigenvalue weighted by Gasteiger charge is 2.22. The van der Waals surface area contributed by atoms with Crippen molar-refractivity contribution in [3.05, 3.63) is 35.4 Å². The summed E-state index contributed by atoms with van der Waals surface area (Å²) < 4.78 is 27.0. The SMILES string of the molecule is CC(CC(=O)NCCNC(=O)c1c(F)cccc1F)C1CCCNC1.Cl. The van der Waals surface area contributed by atoms with E-state index in [1.165, 1.54) is 6.07 Å². The van der Waals surface area contributed by atoms with Crippen LogP contribution < -0.4 is 16.0 Å². The summed E-state index contributed by atoms with van der Waals surface area (Å²) in [5.74, 6) is -1.93. The number of rotatable bonds is 7. The van der Waals surface area contributed by atoms with Gasteiger partial charge in [0.15, 0.2) is 0 Å². The van der Waals surface area contributed by atoms with Crippen LogP contribution in [-0.2, 0) is 4.79 Å². The Morgan fingerprint density at radius 2 is 1.88 bits per heavy atom. The van der Waals surface area contributed by atoms with Gasteiger partial charge in [-0.1, -0.05) is 13.0 Å². The maximum Gasteiger partial charge on any atom is 0.257 e. The average Bonchev–Trinajstić information content (AvgIpc) is 2.59. The molecule has 0 radical (unpaired) electrons. The number of nitrogens with one attached hydrogen (secondary N) is 3. The van der Waals surface area contributed by atoms with E-state index in [9.17, 15) is 18.4 Å². The Bertz CT molecular complexity index is 590. The Labute approximate surface area is 158 Å². The van der Waals surface area contributed by atoms with Crippen molar-refractivity contribution in [3.63, 3.8) is 0 Å². The fourth-order valence-electron chi connectivity index (χ4n) is 3.08. The minimum absolute atomic E-state index is 0. The van der Waals surface area contributed by atoms with Gasteiger partial charge in [-0.05, 0) is 49.9 Å². The summed E-state index contributed by atoms with van der Waals surface area (Å²) in [7, 11) is 0. The summed E-state index contributed by atoms with van der Waals surface area (Å²) in [5.41, 5.74) is -0.604. The molecule has 0 saturated carbocycles. The van der Waals surface area contributed by atoms with Crippen molar-refractivity contribution >= 4 is 24.2 Å². The Kier molecular flexibility index (Phi) is 9.51. The fourth-order valence-corrected chi connectivity index (χ4v) is 3.08. The van der Waals surface area contributed by atoms with Crippen LogP contribution in [0.3, 0.4) is 0 Å². The number of hydrogen-bond acceptors (Lipinski definition) is 3. The number of amides is 2. The third kappa shape index (κ3) is 6.53. The Morgan fingerprint density at radius 3 is 2.50 bits per heavy atom. The highest BCUT2D eigenvalue weighted by molar-refractivity contribution is 5.94. The molecular weight excluding hydrogens is 364 g/mol. The van der Waals surface area contributed by atoms with Crippen LogP contribution in [-0.4, -0.2) is 38.0 Å². The summed E-state index contributed by atoms with van der Waals surface area (Å²) in [6.45, 7) is 4.38. The van der Waals surface area contributed by atoms with Crippen molar-refractivity contribution in [2.45, 2.75) is 26.2 Å². The van der Waals surface area contributed by atoms with E-state index in [1.54, 1.807) is 0 Å². The zero-order valence-electron chi connectivity index (χ0n) is 14.8. The van der Waals surface area contributed by atoms with Crippen LogP contribution in [0.5, 0.6) is 0 Å². The molecule has 3 N–H and O–H groups in total. The van der Waals surface area contributed by atoms with Crippen LogP contribution in [0.2, 0.25) is 0 Å². The Balaban J connectivity index is 0.00000338. The maximum absolute atomic E-state index is 13.5. The molecule has 26 heavy (non-hydrogen) atoms. The van der Waals surface area contributed by atoms with E-state index < -0.39 is 23.1 Å². The van der Waals surface area contributed by atoms with E-state index in [-0.39, 0.29) is 37.3 Å². The van der Waals surface area contributed by atoms with Crippen LogP contribution in [0, 0.1) is 23.5 Å². The zero-order chi connectivity index (χ0) is 18.2. The lowest BCUT2D eigenvalue weighted by atomic mass is 9.85. The van der Waals surface area contributed by atoms with Crippen LogP contribution in [0.25, 0.3) is 0 Å². The van der Waals surface area contributed by atoms with Gasteiger partial charge in [0.05, 0.1) is 0 Å². The van der Waals surface area contributed by atoms with Crippen LogP contribution in [0.15, 0.2) is 18.2 Å². The molecule has 1 aromatic carbocycles. The van der Waals surface area contributed by atoms with E-state index in [1.807, 2.05) is 0 Å². The van der Waals surface area contributed by atoms with E-state index >= 15 is 0 Å². The molecule has 2 amide bonds. The first-order valence-corrected chi connectivity index (χ1v) is 8.68. The average molecular weight is 390 g/mol. The number of carbonyl (C=O) groups is 2. The first-order chi connectivity index (χ1) is 12.0. The minimum Gasteiger partial charge on any atom is -0.354 e. The second-order valence-electron chi connectivity index (χ2n) is 6.49. The van der Waals surface area contributed by atoms with Gasteiger partial charge in [-0.25, -0.2) is 8.78 Å². The van der Waals surface area contributed by atoms with E-state index in [2.05, 4.69) is 22.9 Å². The second-order valence-corrected chi connectivity index (χ2v) is 6.49. The van der Waals surface area contributed by atoms with Gasteiger partial charge < -0.3 is 16.0 Å². The van der Waals surface area contributed by atoms with Crippen molar-refractivity contribution in [2.75, 3.05) is 26.2 Å². The minimum atomic E-state index is -0.906. The van der Waals surface area contributed by atoms with Gasteiger partial charge in [0.1, 0.15) is 17.2 Å². The molecule has 2 unspecified atom stereocenters. The Morgan fingerprint density at radius 1 is 1.23 bits per heavy atom. The predicted octanol–water partition coefficient (Wildman–Crippen LogP) is 2.26. The highest BCUT2D eigenvalue weighted by atomic mass is 35.5. The van der Waals surface area contributed by atoms with Gasteiger partial charge in [-0.2, -0.15) is 0 Å². The molecule has 1 aromatic rings. The molecule has 1 aliphatic heterocycles. The summed E-state index contributed by atoms with van der Waals surface area (Å²) in [5, 5.41) is 8.47. The Hall–Kier alpha value is -1.73. The maximum atomic E-state index is 13.5.